The van der Waals surface area contributed by atoms with Crippen LogP contribution in [0.15, 0.2) is 73.2 Å². The molecule has 0 spiro atoms. The Kier molecular flexibility index (Phi) is 9.01. The van der Waals surface area contributed by atoms with Crippen molar-refractivity contribution < 1.29 is 18.0 Å². The van der Waals surface area contributed by atoms with Gasteiger partial charge in [-0.2, -0.15) is 13.2 Å². The standard InChI is InChI=1S/C30H34F3N5O/c1-22(2)37-16-13-26(14-17-37)38(29(39)12-9-23-7-10-25(11-8-23)30(31,32)33)21-24-18-27(20-34-19-24)36(3)28-6-4-5-15-35-28/h4-12,15,18-20,22,26H,13-14,16-17,21H2,1-3H3/b12-9+. The van der Waals surface area contributed by atoms with Crippen LogP contribution < -0.4 is 4.90 Å². The van der Waals surface area contributed by atoms with E-state index in [1.807, 2.05) is 41.1 Å². The highest BCUT2D eigenvalue weighted by molar-refractivity contribution is 5.92. The number of carbonyl (C=O) groups excluding carboxylic acids is 1. The number of likely N-dealkylation sites (tertiary alicyclic amines) is 1. The third kappa shape index (κ3) is 7.44. The van der Waals surface area contributed by atoms with Crippen molar-refractivity contribution in [1.82, 2.24) is 19.8 Å². The highest BCUT2D eigenvalue weighted by Gasteiger charge is 2.30. The van der Waals surface area contributed by atoms with E-state index in [0.717, 1.165) is 55.1 Å². The number of halogens is 3. The molecule has 1 aliphatic rings. The summed E-state index contributed by atoms with van der Waals surface area (Å²) < 4.78 is 38.7. The van der Waals surface area contributed by atoms with E-state index in [1.54, 1.807) is 24.7 Å². The lowest BCUT2D eigenvalue weighted by molar-refractivity contribution is -0.137. The summed E-state index contributed by atoms with van der Waals surface area (Å²) in [6.07, 6.45) is 5.58. The van der Waals surface area contributed by atoms with Crippen molar-refractivity contribution in [2.75, 3.05) is 25.0 Å². The average Bonchev–Trinajstić information content (AvgIpc) is 2.94. The molecule has 0 atom stereocenters. The van der Waals surface area contributed by atoms with Crippen molar-refractivity contribution in [1.29, 1.82) is 0 Å². The van der Waals surface area contributed by atoms with Crippen LogP contribution in [-0.2, 0) is 17.5 Å². The number of alkyl halides is 3. The smallest absolute Gasteiger partial charge is 0.332 e. The molecule has 0 saturated carbocycles. The van der Waals surface area contributed by atoms with Crippen molar-refractivity contribution in [2.45, 2.75) is 51.5 Å². The van der Waals surface area contributed by atoms with Crippen LogP contribution in [0.3, 0.4) is 0 Å². The number of benzene rings is 1. The number of piperidine rings is 1. The quantitative estimate of drug-likeness (QED) is 0.321. The third-order valence-electron chi connectivity index (χ3n) is 7.12. The van der Waals surface area contributed by atoms with Gasteiger partial charge in [-0.3, -0.25) is 9.78 Å². The Morgan fingerprint density at radius 3 is 2.44 bits per heavy atom. The maximum Gasteiger partial charge on any atom is 0.416 e. The summed E-state index contributed by atoms with van der Waals surface area (Å²) in [6, 6.07) is 13.0. The van der Waals surface area contributed by atoms with Crippen molar-refractivity contribution in [3.8, 4) is 0 Å². The summed E-state index contributed by atoms with van der Waals surface area (Å²) in [6.45, 7) is 6.51. The lowest BCUT2D eigenvalue weighted by Gasteiger charge is -2.39. The van der Waals surface area contributed by atoms with E-state index in [9.17, 15) is 18.0 Å². The number of pyridine rings is 2. The molecule has 2 aromatic heterocycles. The van der Waals surface area contributed by atoms with E-state index in [-0.39, 0.29) is 11.9 Å². The van der Waals surface area contributed by atoms with Crippen LogP contribution in [0.25, 0.3) is 6.08 Å². The fraction of sp³-hybridized carbons (Fsp3) is 0.367. The predicted molar refractivity (Wildman–Crippen MR) is 147 cm³/mol. The van der Waals surface area contributed by atoms with Gasteiger partial charge in [-0.1, -0.05) is 18.2 Å². The summed E-state index contributed by atoms with van der Waals surface area (Å²) in [7, 11) is 1.92. The van der Waals surface area contributed by atoms with Gasteiger partial charge in [0.25, 0.3) is 0 Å². The normalized spacial score (nSPS) is 15.2. The van der Waals surface area contributed by atoms with Crippen molar-refractivity contribution >= 4 is 23.5 Å². The van der Waals surface area contributed by atoms with Gasteiger partial charge in [-0.15, -0.1) is 0 Å². The maximum atomic E-state index is 13.5. The van der Waals surface area contributed by atoms with Gasteiger partial charge in [0.1, 0.15) is 5.82 Å². The van der Waals surface area contributed by atoms with Crippen LogP contribution in [0.4, 0.5) is 24.7 Å². The highest BCUT2D eigenvalue weighted by Crippen LogP contribution is 2.29. The molecular weight excluding hydrogens is 503 g/mol. The molecule has 9 heteroatoms. The molecule has 0 unspecified atom stereocenters. The molecule has 206 valence electrons. The van der Waals surface area contributed by atoms with Crippen LogP contribution in [0.2, 0.25) is 0 Å². The average molecular weight is 538 g/mol. The minimum atomic E-state index is -4.40. The van der Waals surface area contributed by atoms with Crippen LogP contribution in [0.1, 0.15) is 43.4 Å². The minimum Gasteiger partial charge on any atom is -0.332 e. The van der Waals surface area contributed by atoms with Crippen LogP contribution >= 0.6 is 0 Å². The van der Waals surface area contributed by atoms with Gasteiger partial charge < -0.3 is 14.7 Å². The second-order valence-electron chi connectivity index (χ2n) is 10.1. The third-order valence-corrected chi connectivity index (χ3v) is 7.12. The second kappa shape index (κ2) is 12.4. The maximum absolute atomic E-state index is 13.5. The topological polar surface area (TPSA) is 52.6 Å². The van der Waals surface area contributed by atoms with Gasteiger partial charge in [-0.05, 0) is 74.2 Å². The van der Waals surface area contributed by atoms with Crippen molar-refractivity contribution in [3.63, 3.8) is 0 Å². The first-order valence-electron chi connectivity index (χ1n) is 13.1. The van der Waals surface area contributed by atoms with Gasteiger partial charge >= 0.3 is 6.18 Å². The van der Waals surface area contributed by atoms with Crippen molar-refractivity contribution in [3.05, 3.63) is 89.9 Å². The Labute approximate surface area is 227 Å². The number of aromatic nitrogens is 2. The van der Waals surface area contributed by atoms with E-state index in [2.05, 4.69) is 28.7 Å². The number of nitrogens with zero attached hydrogens (tertiary/aromatic N) is 5. The van der Waals surface area contributed by atoms with E-state index >= 15 is 0 Å². The van der Waals surface area contributed by atoms with Gasteiger partial charge in [0, 0.05) is 57.2 Å². The lowest BCUT2D eigenvalue weighted by atomic mass is 10.0. The van der Waals surface area contributed by atoms with E-state index in [1.165, 1.54) is 18.2 Å². The Bertz CT molecular complexity index is 1250. The summed E-state index contributed by atoms with van der Waals surface area (Å²) in [5.74, 6) is 0.603. The number of carbonyl (C=O) groups is 1. The molecule has 0 N–H and O–H groups in total. The predicted octanol–water partition coefficient (Wildman–Crippen LogP) is 6.18. The SMILES string of the molecule is CC(C)N1CCC(N(Cc2cncc(N(C)c3ccccn3)c2)C(=O)/C=C/c2ccc(C(F)(F)F)cc2)CC1. The minimum absolute atomic E-state index is 0.0435. The molecular formula is C30H34F3N5O. The molecule has 3 aromatic rings. The van der Waals surface area contributed by atoms with Crippen LogP contribution in [0.5, 0.6) is 0 Å². The number of hydrogen-bond acceptors (Lipinski definition) is 5. The largest absolute Gasteiger partial charge is 0.416 e. The molecule has 0 radical (unpaired) electrons. The molecule has 3 heterocycles. The van der Waals surface area contributed by atoms with Gasteiger partial charge in [0.05, 0.1) is 17.4 Å². The monoisotopic (exact) mass is 537 g/mol. The first-order valence-corrected chi connectivity index (χ1v) is 13.1. The number of hydrogen-bond donors (Lipinski definition) is 0. The fourth-order valence-corrected chi connectivity index (χ4v) is 4.77. The van der Waals surface area contributed by atoms with Crippen molar-refractivity contribution in [2.24, 2.45) is 0 Å². The number of rotatable bonds is 8. The van der Waals surface area contributed by atoms with E-state index < -0.39 is 11.7 Å². The summed E-state index contributed by atoms with van der Waals surface area (Å²) in [5, 5.41) is 0. The Hall–Kier alpha value is -3.72. The molecule has 4 rings (SSSR count). The van der Waals surface area contributed by atoms with Gasteiger partial charge in [-0.25, -0.2) is 4.98 Å². The van der Waals surface area contributed by atoms with Crippen LogP contribution in [-0.4, -0.2) is 57.9 Å². The lowest BCUT2D eigenvalue weighted by Crippen LogP contribution is -2.48. The zero-order chi connectivity index (χ0) is 28.0. The Morgan fingerprint density at radius 2 is 1.82 bits per heavy atom. The number of anilines is 2. The summed E-state index contributed by atoms with van der Waals surface area (Å²) >= 11 is 0. The Morgan fingerprint density at radius 1 is 1.10 bits per heavy atom. The molecule has 1 saturated heterocycles. The molecule has 1 fully saturated rings. The van der Waals surface area contributed by atoms with Gasteiger partial charge in [0.2, 0.25) is 5.91 Å². The highest BCUT2D eigenvalue weighted by atomic mass is 19.4. The molecule has 1 aliphatic heterocycles. The summed E-state index contributed by atoms with van der Waals surface area (Å²) in [4.78, 5) is 28.5. The van der Waals surface area contributed by atoms with Crippen LogP contribution in [0, 0.1) is 0 Å². The number of amides is 1. The first-order chi connectivity index (χ1) is 18.6. The van der Waals surface area contributed by atoms with E-state index in [0.29, 0.717) is 18.2 Å². The zero-order valence-electron chi connectivity index (χ0n) is 22.5. The molecule has 6 nitrogen and oxygen atoms in total. The second-order valence-corrected chi connectivity index (χ2v) is 10.1. The summed E-state index contributed by atoms with van der Waals surface area (Å²) in [5.41, 5.74) is 1.56. The molecule has 0 aliphatic carbocycles. The zero-order valence-corrected chi connectivity index (χ0v) is 22.5. The molecule has 0 bridgehead atoms. The molecule has 1 amide bonds. The molecule has 1 aromatic carbocycles. The van der Waals surface area contributed by atoms with Gasteiger partial charge in [0.15, 0.2) is 0 Å². The fourth-order valence-electron chi connectivity index (χ4n) is 4.77. The molecule has 39 heavy (non-hydrogen) atoms. The first kappa shape index (κ1) is 28.3. The van der Waals surface area contributed by atoms with E-state index in [4.69, 9.17) is 0 Å². The Balaban J connectivity index is 1.54.